The van der Waals surface area contributed by atoms with Gasteiger partial charge in [-0.2, -0.15) is 0 Å². The van der Waals surface area contributed by atoms with E-state index in [1.54, 1.807) is 32.2 Å². The first-order chi connectivity index (χ1) is 14.8. The summed E-state index contributed by atoms with van der Waals surface area (Å²) in [5, 5.41) is 5.67. The standard InChI is InChI=1S/C22H27N3O5S/c1-5-30-21(28)20-19(14(2)3)25-22(31-20)24-18(27)12-13-23-17(26)11-8-15-6-9-16(29-4)10-7-15/h6-11,14H,5,12-13H2,1-4H3,(H,23,26)(H,24,25,27)/b11-8+. The molecule has 0 radical (unpaired) electrons. The molecule has 31 heavy (non-hydrogen) atoms. The number of ether oxygens (including phenoxy) is 2. The maximum atomic E-state index is 12.2. The number of hydrogen-bond donors (Lipinski definition) is 2. The molecule has 0 aliphatic rings. The average Bonchev–Trinajstić information content (AvgIpc) is 3.17. The van der Waals surface area contributed by atoms with Crippen molar-refractivity contribution in [2.75, 3.05) is 25.6 Å². The lowest BCUT2D eigenvalue weighted by Crippen LogP contribution is -2.26. The molecule has 0 atom stereocenters. The van der Waals surface area contributed by atoms with Crippen LogP contribution < -0.4 is 15.4 Å². The molecule has 0 saturated heterocycles. The minimum absolute atomic E-state index is 0.0121. The zero-order chi connectivity index (χ0) is 22.8. The number of carbonyl (C=O) groups excluding carboxylic acids is 3. The number of hydrogen-bond acceptors (Lipinski definition) is 7. The number of amides is 2. The molecule has 0 saturated carbocycles. The van der Waals surface area contributed by atoms with Gasteiger partial charge in [-0.1, -0.05) is 37.3 Å². The van der Waals surface area contributed by atoms with E-state index in [9.17, 15) is 14.4 Å². The summed E-state index contributed by atoms with van der Waals surface area (Å²) >= 11 is 1.09. The van der Waals surface area contributed by atoms with Crippen LogP contribution in [0.2, 0.25) is 0 Å². The summed E-state index contributed by atoms with van der Waals surface area (Å²) < 4.78 is 10.1. The fraction of sp³-hybridized carbons (Fsp3) is 0.364. The van der Waals surface area contributed by atoms with Crippen LogP contribution >= 0.6 is 11.3 Å². The lowest BCUT2D eigenvalue weighted by atomic mass is 10.1. The van der Waals surface area contributed by atoms with Crippen LogP contribution in [0.5, 0.6) is 5.75 Å². The Morgan fingerprint density at radius 1 is 1.19 bits per heavy atom. The van der Waals surface area contributed by atoms with Crippen molar-refractivity contribution in [1.82, 2.24) is 10.3 Å². The van der Waals surface area contributed by atoms with Gasteiger partial charge in [-0.25, -0.2) is 9.78 Å². The van der Waals surface area contributed by atoms with E-state index >= 15 is 0 Å². The number of methoxy groups -OCH3 is 1. The summed E-state index contributed by atoms with van der Waals surface area (Å²) in [6.07, 6.45) is 3.16. The van der Waals surface area contributed by atoms with Crippen molar-refractivity contribution >= 4 is 40.3 Å². The van der Waals surface area contributed by atoms with Gasteiger partial charge in [-0.05, 0) is 36.6 Å². The molecule has 9 heteroatoms. The Bertz CT molecular complexity index is 935. The summed E-state index contributed by atoms with van der Waals surface area (Å²) in [6.45, 7) is 6.00. The zero-order valence-corrected chi connectivity index (χ0v) is 18.9. The van der Waals surface area contributed by atoms with E-state index in [0.717, 1.165) is 22.6 Å². The molecule has 0 fully saturated rings. The van der Waals surface area contributed by atoms with Crippen LogP contribution in [-0.2, 0) is 14.3 Å². The monoisotopic (exact) mass is 445 g/mol. The number of nitrogens with one attached hydrogen (secondary N) is 2. The Kier molecular flexibility index (Phi) is 9.20. The molecule has 1 aromatic carbocycles. The van der Waals surface area contributed by atoms with Crippen LogP contribution in [0.3, 0.4) is 0 Å². The summed E-state index contributed by atoms with van der Waals surface area (Å²) in [7, 11) is 1.59. The van der Waals surface area contributed by atoms with E-state index in [1.165, 1.54) is 6.08 Å². The van der Waals surface area contributed by atoms with Gasteiger partial charge in [0.25, 0.3) is 0 Å². The highest BCUT2D eigenvalue weighted by Crippen LogP contribution is 2.29. The minimum Gasteiger partial charge on any atom is -0.497 e. The molecule has 0 aliphatic carbocycles. The Labute approximate surface area is 185 Å². The number of esters is 1. The molecular weight excluding hydrogens is 418 g/mol. The van der Waals surface area contributed by atoms with Crippen molar-refractivity contribution in [3.8, 4) is 5.75 Å². The predicted octanol–water partition coefficient (Wildman–Crippen LogP) is 3.61. The minimum atomic E-state index is -0.444. The Morgan fingerprint density at radius 2 is 1.90 bits per heavy atom. The van der Waals surface area contributed by atoms with Crippen LogP contribution in [0.4, 0.5) is 5.13 Å². The molecule has 2 N–H and O–H groups in total. The largest absolute Gasteiger partial charge is 0.497 e. The third-order valence-corrected chi connectivity index (χ3v) is 5.07. The van der Waals surface area contributed by atoms with Gasteiger partial charge in [0.05, 0.1) is 19.4 Å². The van der Waals surface area contributed by atoms with Crippen molar-refractivity contribution < 1.29 is 23.9 Å². The third kappa shape index (κ3) is 7.53. The first-order valence-corrected chi connectivity index (χ1v) is 10.7. The molecule has 0 spiro atoms. The molecule has 8 nitrogen and oxygen atoms in total. The van der Waals surface area contributed by atoms with Gasteiger partial charge in [-0.15, -0.1) is 0 Å². The first-order valence-electron chi connectivity index (χ1n) is 9.91. The average molecular weight is 446 g/mol. The summed E-state index contributed by atoms with van der Waals surface area (Å²) in [5.74, 6) is -0.301. The second-order valence-electron chi connectivity index (χ2n) is 6.80. The highest BCUT2D eigenvalue weighted by molar-refractivity contribution is 7.17. The van der Waals surface area contributed by atoms with Crippen LogP contribution in [0.15, 0.2) is 30.3 Å². The molecular formula is C22H27N3O5S. The lowest BCUT2D eigenvalue weighted by Gasteiger charge is -2.04. The number of aromatic nitrogens is 1. The molecule has 2 aromatic rings. The number of nitrogens with zero attached hydrogens (tertiary/aromatic N) is 1. The normalized spacial score (nSPS) is 10.9. The molecule has 166 valence electrons. The quantitative estimate of drug-likeness (QED) is 0.427. The zero-order valence-electron chi connectivity index (χ0n) is 18.1. The fourth-order valence-electron chi connectivity index (χ4n) is 2.55. The van der Waals surface area contributed by atoms with E-state index in [2.05, 4.69) is 15.6 Å². The smallest absolute Gasteiger partial charge is 0.350 e. The van der Waals surface area contributed by atoms with Crippen molar-refractivity contribution in [3.63, 3.8) is 0 Å². The van der Waals surface area contributed by atoms with Gasteiger partial charge in [0.2, 0.25) is 11.8 Å². The summed E-state index contributed by atoms with van der Waals surface area (Å²) in [6, 6.07) is 7.28. The summed E-state index contributed by atoms with van der Waals surface area (Å²) in [4.78, 5) is 40.9. The predicted molar refractivity (Wildman–Crippen MR) is 120 cm³/mol. The van der Waals surface area contributed by atoms with E-state index in [4.69, 9.17) is 9.47 Å². The summed E-state index contributed by atoms with van der Waals surface area (Å²) in [5.41, 5.74) is 1.45. The maximum absolute atomic E-state index is 12.2. The second-order valence-corrected chi connectivity index (χ2v) is 7.80. The van der Waals surface area contributed by atoms with Crippen LogP contribution in [0.1, 0.15) is 54.0 Å². The van der Waals surface area contributed by atoms with E-state index in [0.29, 0.717) is 15.7 Å². The number of carbonyl (C=O) groups is 3. The SMILES string of the molecule is CCOC(=O)c1sc(NC(=O)CCNC(=O)/C=C/c2ccc(OC)cc2)nc1C(C)C. The number of anilines is 1. The fourth-order valence-corrected chi connectivity index (χ4v) is 3.58. The van der Waals surface area contributed by atoms with E-state index in [-0.39, 0.29) is 37.3 Å². The van der Waals surface area contributed by atoms with Gasteiger partial charge in [-0.3, -0.25) is 9.59 Å². The van der Waals surface area contributed by atoms with Crippen LogP contribution in [-0.4, -0.2) is 43.0 Å². The van der Waals surface area contributed by atoms with Crippen molar-refractivity contribution in [3.05, 3.63) is 46.5 Å². The topological polar surface area (TPSA) is 107 Å². The van der Waals surface area contributed by atoms with Gasteiger partial charge in [0, 0.05) is 19.0 Å². The molecule has 2 rings (SSSR count). The van der Waals surface area contributed by atoms with Crippen molar-refractivity contribution in [2.45, 2.75) is 33.1 Å². The molecule has 1 heterocycles. The van der Waals surface area contributed by atoms with E-state index < -0.39 is 5.97 Å². The lowest BCUT2D eigenvalue weighted by molar-refractivity contribution is -0.117. The van der Waals surface area contributed by atoms with Crippen LogP contribution in [0, 0.1) is 0 Å². The number of thiazole rings is 1. The first kappa shape index (κ1) is 24.1. The Balaban J connectivity index is 1.83. The highest BCUT2D eigenvalue weighted by Gasteiger charge is 2.22. The van der Waals surface area contributed by atoms with Gasteiger partial charge < -0.3 is 20.1 Å². The second kappa shape index (κ2) is 11.8. The van der Waals surface area contributed by atoms with Gasteiger partial charge in [0.1, 0.15) is 10.6 Å². The molecule has 1 aromatic heterocycles. The van der Waals surface area contributed by atoms with Gasteiger partial charge in [0.15, 0.2) is 5.13 Å². The molecule has 0 bridgehead atoms. The molecule has 2 amide bonds. The van der Waals surface area contributed by atoms with E-state index in [1.807, 2.05) is 26.0 Å². The maximum Gasteiger partial charge on any atom is 0.350 e. The Hall–Kier alpha value is -3.20. The highest BCUT2D eigenvalue weighted by atomic mass is 32.1. The van der Waals surface area contributed by atoms with Crippen molar-refractivity contribution in [2.24, 2.45) is 0 Å². The third-order valence-electron chi connectivity index (χ3n) is 4.10. The number of rotatable bonds is 10. The molecule has 0 unspecified atom stereocenters. The van der Waals surface area contributed by atoms with Gasteiger partial charge >= 0.3 is 5.97 Å². The number of benzene rings is 1. The van der Waals surface area contributed by atoms with Crippen LogP contribution in [0.25, 0.3) is 6.08 Å². The Morgan fingerprint density at radius 3 is 2.52 bits per heavy atom. The molecule has 0 aliphatic heterocycles. The van der Waals surface area contributed by atoms with Crippen molar-refractivity contribution in [1.29, 1.82) is 0 Å².